The molecule has 1 heterocycles. The number of halogens is 2. The number of benzene rings is 1. The van der Waals surface area contributed by atoms with Crippen molar-refractivity contribution >= 4 is 43.5 Å². The van der Waals surface area contributed by atoms with Crippen molar-refractivity contribution in [3.63, 3.8) is 0 Å². The normalized spacial score (nSPS) is 19.4. The van der Waals surface area contributed by atoms with Gasteiger partial charge in [-0.3, -0.25) is 4.79 Å². The van der Waals surface area contributed by atoms with Crippen LogP contribution in [0.15, 0.2) is 21.1 Å². The predicted octanol–water partition coefficient (Wildman–Crippen LogP) is 2.53. The molecule has 1 aliphatic rings. The minimum atomic E-state index is 0.107. The monoisotopic (exact) mass is 376 g/mol. The first-order valence-electron chi connectivity index (χ1n) is 5.60. The average Bonchev–Trinajstić information content (AvgIpc) is 2.71. The Morgan fingerprint density at radius 3 is 2.72 bits per heavy atom. The third-order valence-corrected chi connectivity index (χ3v) is 4.31. The van der Waals surface area contributed by atoms with E-state index in [1.54, 1.807) is 12.0 Å². The van der Waals surface area contributed by atoms with Crippen LogP contribution in [0.3, 0.4) is 0 Å². The lowest BCUT2D eigenvalue weighted by molar-refractivity contribution is -0.117. The SMILES string of the molecule is COc1cc(N2CC(CN)CC2=O)c(Br)cc1Br. The molecule has 0 bridgehead atoms. The zero-order chi connectivity index (χ0) is 13.3. The molecule has 2 N–H and O–H groups in total. The lowest BCUT2D eigenvalue weighted by Crippen LogP contribution is -2.26. The third-order valence-electron chi connectivity index (χ3n) is 3.05. The minimum absolute atomic E-state index is 0.107. The molecule has 0 saturated carbocycles. The summed E-state index contributed by atoms with van der Waals surface area (Å²) in [5.74, 6) is 1.05. The molecule has 1 aromatic carbocycles. The number of methoxy groups -OCH3 is 1. The Labute approximate surface area is 123 Å². The van der Waals surface area contributed by atoms with Crippen molar-refractivity contribution < 1.29 is 9.53 Å². The fraction of sp³-hybridized carbons (Fsp3) is 0.417. The van der Waals surface area contributed by atoms with E-state index >= 15 is 0 Å². The van der Waals surface area contributed by atoms with Gasteiger partial charge in [0.1, 0.15) is 5.75 Å². The van der Waals surface area contributed by atoms with Crippen LogP contribution in [0.5, 0.6) is 5.75 Å². The molecule has 1 aliphatic heterocycles. The van der Waals surface area contributed by atoms with Gasteiger partial charge in [0.25, 0.3) is 0 Å². The van der Waals surface area contributed by atoms with E-state index in [0.29, 0.717) is 25.3 Å². The van der Waals surface area contributed by atoms with Crippen LogP contribution in [0.2, 0.25) is 0 Å². The van der Waals surface area contributed by atoms with Gasteiger partial charge in [0.15, 0.2) is 0 Å². The van der Waals surface area contributed by atoms with Crippen LogP contribution in [-0.2, 0) is 4.79 Å². The van der Waals surface area contributed by atoms with E-state index in [1.807, 2.05) is 12.1 Å². The van der Waals surface area contributed by atoms with Crippen molar-refractivity contribution in [2.75, 3.05) is 25.1 Å². The first-order chi connectivity index (χ1) is 8.56. The standard InChI is InChI=1S/C12H14Br2N2O2/c1-18-11-4-10(8(13)3-9(11)14)16-6-7(5-15)2-12(16)17/h3-4,7H,2,5-6,15H2,1H3. The molecule has 1 saturated heterocycles. The number of carbonyl (C=O) groups is 1. The summed E-state index contributed by atoms with van der Waals surface area (Å²) in [6.07, 6.45) is 0.515. The van der Waals surface area contributed by atoms with Crippen molar-refractivity contribution in [3.8, 4) is 5.75 Å². The summed E-state index contributed by atoms with van der Waals surface area (Å²) in [6, 6.07) is 3.74. The van der Waals surface area contributed by atoms with E-state index in [4.69, 9.17) is 10.5 Å². The summed E-state index contributed by atoms with van der Waals surface area (Å²) in [6.45, 7) is 1.20. The lowest BCUT2D eigenvalue weighted by Gasteiger charge is -2.19. The predicted molar refractivity (Wildman–Crippen MR) is 77.9 cm³/mol. The van der Waals surface area contributed by atoms with Gasteiger partial charge in [0, 0.05) is 23.5 Å². The van der Waals surface area contributed by atoms with Crippen molar-refractivity contribution in [2.24, 2.45) is 11.7 Å². The van der Waals surface area contributed by atoms with Gasteiger partial charge < -0.3 is 15.4 Å². The summed E-state index contributed by atoms with van der Waals surface area (Å²) < 4.78 is 6.97. The van der Waals surface area contributed by atoms with E-state index < -0.39 is 0 Å². The largest absolute Gasteiger partial charge is 0.495 e. The highest BCUT2D eigenvalue weighted by Crippen LogP contribution is 2.38. The molecular formula is C12H14Br2N2O2. The van der Waals surface area contributed by atoms with Crippen molar-refractivity contribution in [1.29, 1.82) is 0 Å². The quantitative estimate of drug-likeness (QED) is 0.880. The summed E-state index contributed by atoms with van der Waals surface area (Å²) in [5.41, 5.74) is 6.46. The highest BCUT2D eigenvalue weighted by Gasteiger charge is 2.31. The van der Waals surface area contributed by atoms with Crippen LogP contribution in [0.25, 0.3) is 0 Å². The third kappa shape index (κ3) is 2.55. The summed E-state index contributed by atoms with van der Waals surface area (Å²) in [7, 11) is 1.60. The van der Waals surface area contributed by atoms with E-state index in [9.17, 15) is 4.79 Å². The molecule has 2 rings (SSSR count). The van der Waals surface area contributed by atoms with Gasteiger partial charge in [-0.25, -0.2) is 0 Å². The molecule has 0 spiro atoms. The van der Waals surface area contributed by atoms with Gasteiger partial charge in [-0.15, -0.1) is 0 Å². The Morgan fingerprint density at radius 1 is 1.44 bits per heavy atom. The van der Waals surface area contributed by atoms with Crippen LogP contribution in [0, 0.1) is 5.92 Å². The van der Waals surface area contributed by atoms with Crippen molar-refractivity contribution in [2.45, 2.75) is 6.42 Å². The fourth-order valence-corrected chi connectivity index (χ4v) is 3.42. The van der Waals surface area contributed by atoms with Crippen LogP contribution in [-0.4, -0.2) is 26.1 Å². The second-order valence-electron chi connectivity index (χ2n) is 4.25. The highest BCUT2D eigenvalue weighted by molar-refractivity contribution is 9.11. The molecule has 1 atom stereocenters. The number of carbonyl (C=O) groups excluding carboxylic acids is 1. The number of hydrogen-bond donors (Lipinski definition) is 1. The van der Waals surface area contributed by atoms with Crippen molar-refractivity contribution in [3.05, 3.63) is 21.1 Å². The second-order valence-corrected chi connectivity index (χ2v) is 5.96. The first kappa shape index (κ1) is 13.8. The van der Waals surface area contributed by atoms with Crippen LogP contribution < -0.4 is 15.4 Å². The van der Waals surface area contributed by atoms with Gasteiger partial charge >= 0.3 is 0 Å². The number of hydrogen-bond acceptors (Lipinski definition) is 3. The van der Waals surface area contributed by atoms with Gasteiger partial charge in [-0.05, 0) is 50.4 Å². The van der Waals surface area contributed by atoms with E-state index in [-0.39, 0.29) is 11.8 Å². The molecule has 0 aliphatic carbocycles. The van der Waals surface area contributed by atoms with E-state index in [0.717, 1.165) is 14.6 Å². The van der Waals surface area contributed by atoms with Crippen LogP contribution in [0.1, 0.15) is 6.42 Å². The van der Waals surface area contributed by atoms with Crippen LogP contribution >= 0.6 is 31.9 Å². The molecule has 0 radical (unpaired) electrons. The Balaban J connectivity index is 2.36. The maximum atomic E-state index is 12.0. The van der Waals surface area contributed by atoms with Crippen LogP contribution in [0.4, 0.5) is 5.69 Å². The molecule has 6 heteroatoms. The van der Waals surface area contributed by atoms with Crippen molar-refractivity contribution in [1.82, 2.24) is 0 Å². The minimum Gasteiger partial charge on any atom is -0.495 e. The molecule has 4 nitrogen and oxygen atoms in total. The van der Waals surface area contributed by atoms with Gasteiger partial charge in [0.2, 0.25) is 5.91 Å². The topological polar surface area (TPSA) is 55.6 Å². The first-order valence-corrected chi connectivity index (χ1v) is 7.19. The highest BCUT2D eigenvalue weighted by atomic mass is 79.9. The maximum Gasteiger partial charge on any atom is 0.227 e. The number of amides is 1. The molecule has 1 unspecified atom stereocenters. The molecule has 98 valence electrons. The average molecular weight is 378 g/mol. The number of ether oxygens (including phenoxy) is 1. The Hall–Kier alpha value is -0.590. The molecule has 1 amide bonds. The number of rotatable bonds is 3. The molecule has 1 aromatic rings. The van der Waals surface area contributed by atoms with E-state index in [1.165, 1.54) is 0 Å². The summed E-state index contributed by atoms with van der Waals surface area (Å²) in [4.78, 5) is 13.7. The molecule has 1 fully saturated rings. The smallest absolute Gasteiger partial charge is 0.227 e. The Bertz CT molecular complexity index is 479. The fourth-order valence-electron chi connectivity index (χ4n) is 2.05. The molecule has 0 aromatic heterocycles. The van der Waals surface area contributed by atoms with Gasteiger partial charge in [0.05, 0.1) is 17.3 Å². The second kappa shape index (κ2) is 5.59. The Kier molecular flexibility index (Phi) is 4.29. The number of nitrogens with two attached hydrogens (primary N) is 1. The summed E-state index contributed by atoms with van der Waals surface area (Å²) in [5, 5.41) is 0. The molecule has 18 heavy (non-hydrogen) atoms. The Morgan fingerprint density at radius 2 is 2.17 bits per heavy atom. The molecular weight excluding hydrogens is 364 g/mol. The number of nitrogens with zero attached hydrogens (tertiary/aromatic N) is 1. The maximum absolute atomic E-state index is 12.0. The van der Waals surface area contributed by atoms with Gasteiger partial charge in [-0.2, -0.15) is 0 Å². The lowest BCUT2D eigenvalue weighted by atomic mass is 10.1. The zero-order valence-electron chi connectivity index (χ0n) is 9.95. The van der Waals surface area contributed by atoms with Gasteiger partial charge in [-0.1, -0.05) is 0 Å². The zero-order valence-corrected chi connectivity index (χ0v) is 13.1. The number of anilines is 1. The van der Waals surface area contributed by atoms with E-state index in [2.05, 4.69) is 31.9 Å². The summed E-state index contributed by atoms with van der Waals surface area (Å²) >= 11 is 6.89.